The summed E-state index contributed by atoms with van der Waals surface area (Å²) in [4.78, 5) is 0. The molecule has 0 aliphatic carbocycles. The quantitative estimate of drug-likeness (QED) is 0.586. The van der Waals surface area contributed by atoms with Crippen LogP contribution in [0, 0.1) is 13.8 Å². The van der Waals surface area contributed by atoms with Gasteiger partial charge >= 0.3 is 0 Å². The van der Waals surface area contributed by atoms with E-state index in [2.05, 4.69) is 31.9 Å². The van der Waals surface area contributed by atoms with E-state index < -0.39 is 12.6 Å². The number of hydrogen-bond acceptors (Lipinski definition) is 3. The number of rotatable bonds is 0. The number of benzene rings is 2. The molecule has 2 aromatic rings. The molecule has 4 rings (SSSR count). The van der Waals surface area contributed by atoms with Crippen LogP contribution in [0.2, 0.25) is 0 Å². The van der Waals surface area contributed by atoms with Crippen LogP contribution in [0.4, 0.5) is 0 Å². The first-order chi connectivity index (χ1) is 10.0. The Kier molecular flexibility index (Phi) is 3.07. The lowest BCUT2D eigenvalue weighted by Crippen LogP contribution is -2.31. The van der Waals surface area contributed by atoms with Gasteiger partial charge in [0.2, 0.25) is 12.6 Å². The van der Waals surface area contributed by atoms with Gasteiger partial charge in [0.25, 0.3) is 0 Å². The summed E-state index contributed by atoms with van der Waals surface area (Å²) < 4.78 is 20.1. The van der Waals surface area contributed by atoms with E-state index in [9.17, 15) is 0 Å². The van der Waals surface area contributed by atoms with Crippen molar-refractivity contribution >= 4 is 31.9 Å². The average Bonchev–Trinajstić information content (AvgIpc) is 2.41. The Morgan fingerprint density at radius 2 is 1.19 bits per heavy atom. The van der Waals surface area contributed by atoms with Crippen LogP contribution in [0.15, 0.2) is 33.2 Å². The van der Waals surface area contributed by atoms with Crippen molar-refractivity contribution in [3.8, 4) is 11.5 Å². The van der Waals surface area contributed by atoms with Gasteiger partial charge in [0.15, 0.2) is 0 Å². The lowest BCUT2D eigenvalue weighted by atomic mass is 10.0. The Hall–Kier alpha value is -1.04. The van der Waals surface area contributed by atoms with E-state index >= 15 is 0 Å². The fraction of sp³-hybridized carbons (Fsp3) is 0.250. The van der Waals surface area contributed by atoms with E-state index in [1.165, 1.54) is 0 Å². The Morgan fingerprint density at radius 1 is 0.762 bits per heavy atom. The highest BCUT2D eigenvalue weighted by Gasteiger charge is 2.39. The fourth-order valence-corrected chi connectivity index (χ4v) is 4.02. The molecule has 0 saturated carbocycles. The van der Waals surface area contributed by atoms with Gasteiger partial charge in [-0.15, -0.1) is 0 Å². The highest BCUT2D eigenvalue weighted by Crippen LogP contribution is 2.50. The van der Waals surface area contributed by atoms with Crippen molar-refractivity contribution in [1.82, 2.24) is 0 Å². The SMILES string of the molecule is Cc1cc(Br)cc2c1OC1OC2Oc2c(C)cc(Br)cc21. The molecule has 3 nitrogen and oxygen atoms in total. The van der Waals surface area contributed by atoms with E-state index in [4.69, 9.17) is 14.2 Å². The van der Waals surface area contributed by atoms with E-state index in [0.717, 1.165) is 42.7 Å². The van der Waals surface area contributed by atoms with Crippen molar-refractivity contribution in [1.29, 1.82) is 0 Å². The van der Waals surface area contributed by atoms with Gasteiger partial charge < -0.3 is 9.47 Å². The number of aryl methyl sites for hydroxylation is 2. The molecule has 2 bridgehead atoms. The smallest absolute Gasteiger partial charge is 0.233 e. The highest BCUT2D eigenvalue weighted by atomic mass is 79.9. The summed E-state index contributed by atoms with van der Waals surface area (Å²) in [5, 5.41) is 0. The number of halogens is 2. The van der Waals surface area contributed by atoms with Crippen molar-refractivity contribution in [2.75, 3.05) is 0 Å². The molecule has 0 saturated heterocycles. The molecule has 2 unspecified atom stereocenters. The van der Waals surface area contributed by atoms with Gasteiger partial charge in [0.1, 0.15) is 11.5 Å². The highest BCUT2D eigenvalue weighted by molar-refractivity contribution is 9.10. The third-order valence-electron chi connectivity index (χ3n) is 3.74. The second-order valence-electron chi connectivity index (χ2n) is 5.32. The maximum absolute atomic E-state index is 6.08. The molecule has 0 spiro atoms. The first-order valence-corrected chi connectivity index (χ1v) is 8.20. The molecular formula is C16H12Br2O3. The predicted octanol–water partition coefficient (Wildman–Crippen LogP) is 5.33. The van der Waals surface area contributed by atoms with Crippen molar-refractivity contribution in [3.05, 3.63) is 55.5 Å². The molecule has 2 heterocycles. The molecule has 2 atom stereocenters. The van der Waals surface area contributed by atoms with Crippen LogP contribution in [0.25, 0.3) is 0 Å². The maximum atomic E-state index is 6.08. The topological polar surface area (TPSA) is 27.7 Å². The van der Waals surface area contributed by atoms with E-state index in [1.54, 1.807) is 0 Å². The van der Waals surface area contributed by atoms with Crippen LogP contribution in [-0.2, 0) is 4.74 Å². The molecule has 0 N–H and O–H groups in total. The fourth-order valence-electron chi connectivity index (χ4n) is 2.84. The Morgan fingerprint density at radius 3 is 1.62 bits per heavy atom. The summed E-state index contributed by atoms with van der Waals surface area (Å²) in [5.74, 6) is 1.70. The Bertz CT molecular complexity index is 694. The first kappa shape index (κ1) is 13.6. The van der Waals surface area contributed by atoms with Crippen molar-refractivity contribution in [3.63, 3.8) is 0 Å². The third kappa shape index (κ3) is 2.10. The minimum Gasteiger partial charge on any atom is -0.459 e. The van der Waals surface area contributed by atoms with Crippen LogP contribution in [-0.4, -0.2) is 0 Å². The molecule has 21 heavy (non-hydrogen) atoms. The van der Waals surface area contributed by atoms with Gasteiger partial charge in [-0.3, -0.25) is 4.74 Å². The zero-order chi connectivity index (χ0) is 14.7. The Labute approximate surface area is 139 Å². The molecule has 2 aromatic carbocycles. The van der Waals surface area contributed by atoms with Gasteiger partial charge in [-0.05, 0) is 49.2 Å². The third-order valence-corrected chi connectivity index (χ3v) is 4.66. The standard InChI is InChI=1S/C16H12Br2O3/c1-7-3-9(17)5-11-13(7)19-16-12-6-10(18)4-8(2)14(12)20-15(11)21-16/h3-6,15-16H,1-2H3. The second-order valence-corrected chi connectivity index (χ2v) is 7.15. The summed E-state index contributed by atoms with van der Waals surface area (Å²) in [6.45, 7) is 4.05. The normalized spacial score (nSPS) is 21.9. The molecule has 108 valence electrons. The predicted molar refractivity (Wildman–Crippen MR) is 85.6 cm³/mol. The molecule has 0 amide bonds. The van der Waals surface area contributed by atoms with Crippen LogP contribution in [0.3, 0.4) is 0 Å². The molecule has 0 radical (unpaired) electrons. The minimum absolute atomic E-state index is 0.428. The number of ether oxygens (including phenoxy) is 3. The summed E-state index contributed by atoms with van der Waals surface area (Å²) >= 11 is 7.03. The van der Waals surface area contributed by atoms with Crippen LogP contribution >= 0.6 is 31.9 Å². The molecule has 0 fully saturated rings. The van der Waals surface area contributed by atoms with Crippen molar-refractivity contribution < 1.29 is 14.2 Å². The van der Waals surface area contributed by atoms with Gasteiger partial charge in [-0.1, -0.05) is 31.9 Å². The lowest BCUT2D eigenvalue weighted by molar-refractivity contribution is -0.228. The summed E-state index contributed by atoms with van der Waals surface area (Å²) in [6.07, 6.45) is -0.857. The van der Waals surface area contributed by atoms with Crippen LogP contribution in [0.5, 0.6) is 11.5 Å². The number of hydrogen-bond donors (Lipinski definition) is 0. The molecule has 0 aromatic heterocycles. The van der Waals surface area contributed by atoms with Crippen molar-refractivity contribution in [2.24, 2.45) is 0 Å². The van der Waals surface area contributed by atoms with Gasteiger partial charge in [-0.2, -0.15) is 0 Å². The van der Waals surface area contributed by atoms with Gasteiger partial charge in [0, 0.05) is 8.95 Å². The van der Waals surface area contributed by atoms with Crippen LogP contribution < -0.4 is 9.47 Å². The second kappa shape index (κ2) is 4.73. The number of fused-ring (bicyclic) bond motifs is 6. The molecule has 2 aliphatic heterocycles. The zero-order valence-electron chi connectivity index (χ0n) is 11.4. The van der Waals surface area contributed by atoms with Crippen LogP contribution in [0.1, 0.15) is 34.8 Å². The van der Waals surface area contributed by atoms with E-state index in [0.29, 0.717) is 0 Å². The molecular weight excluding hydrogens is 400 g/mol. The maximum Gasteiger partial charge on any atom is 0.233 e. The molecule has 2 aliphatic rings. The minimum atomic E-state index is -0.428. The summed E-state index contributed by atoms with van der Waals surface area (Å²) in [7, 11) is 0. The van der Waals surface area contributed by atoms with Gasteiger partial charge in [0.05, 0.1) is 11.1 Å². The van der Waals surface area contributed by atoms with E-state index in [-0.39, 0.29) is 0 Å². The summed E-state index contributed by atoms with van der Waals surface area (Å²) in [5.41, 5.74) is 3.98. The van der Waals surface area contributed by atoms with E-state index in [1.807, 2.05) is 38.1 Å². The molecule has 5 heteroatoms. The van der Waals surface area contributed by atoms with Gasteiger partial charge in [-0.25, -0.2) is 0 Å². The Balaban J connectivity index is 1.89. The lowest BCUT2D eigenvalue weighted by Gasteiger charge is -2.39. The average molecular weight is 412 g/mol. The largest absolute Gasteiger partial charge is 0.459 e. The van der Waals surface area contributed by atoms with Crippen molar-refractivity contribution in [2.45, 2.75) is 26.4 Å². The first-order valence-electron chi connectivity index (χ1n) is 6.62. The monoisotopic (exact) mass is 410 g/mol. The summed E-state index contributed by atoms with van der Waals surface area (Å²) in [6, 6.07) is 8.05. The zero-order valence-corrected chi connectivity index (χ0v) is 14.6.